The average Bonchev–Trinajstić information content (AvgIpc) is 2.38. The molecule has 1 aromatic rings. The number of amidine groups is 1. The molecule has 19 heavy (non-hydrogen) atoms. The molecule has 0 amide bonds. The minimum atomic E-state index is -0.439. The van der Waals surface area contributed by atoms with Crippen LogP contribution < -0.4 is 11.1 Å². The first-order valence-electron chi connectivity index (χ1n) is 6.22. The minimum absolute atomic E-state index is 0.0765. The summed E-state index contributed by atoms with van der Waals surface area (Å²) >= 11 is 0. The minimum Gasteiger partial charge on any atom is -0.409 e. The lowest BCUT2D eigenvalue weighted by atomic mass is 9.77. The van der Waals surface area contributed by atoms with Crippen LogP contribution in [0.2, 0.25) is 0 Å². The highest BCUT2D eigenvalue weighted by Gasteiger charge is 2.35. The summed E-state index contributed by atoms with van der Waals surface area (Å²) in [5.41, 5.74) is 6.40. The molecule has 0 aromatic heterocycles. The lowest BCUT2D eigenvalue weighted by molar-refractivity contribution is 0.0872. The fraction of sp³-hybridized carbons (Fsp3) is 0.462. The van der Waals surface area contributed by atoms with E-state index in [2.05, 4.69) is 10.5 Å². The number of halogens is 1. The molecule has 0 spiro atoms. The Morgan fingerprint density at radius 1 is 1.47 bits per heavy atom. The zero-order chi connectivity index (χ0) is 13.9. The van der Waals surface area contributed by atoms with Crippen LogP contribution in [0.4, 0.5) is 4.39 Å². The molecule has 0 aliphatic heterocycles. The molecule has 5 nitrogen and oxygen atoms in total. The van der Waals surface area contributed by atoms with E-state index in [0.29, 0.717) is 12.1 Å². The van der Waals surface area contributed by atoms with Gasteiger partial charge in [0.25, 0.3) is 0 Å². The van der Waals surface area contributed by atoms with Crippen LogP contribution in [0.5, 0.6) is 0 Å². The average molecular weight is 267 g/mol. The van der Waals surface area contributed by atoms with Gasteiger partial charge in [-0.2, -0.15) is 0 Å². The van der Waals surface area contributed by atoms with Gasteiger partial charge >= 0.3 is 0 Å². The third kappa shape index (κ3) is 2.85. The van der Waals surface area contributed by atoms with Crippen molar-refractivity contribution < 1.29 is 14.7 Å². The molecule has 104 valence electrons. The number of nitrogens with zero attached hydrogens (tertiary/aromatic N) is 1. The van der Waals surface area contributed by atoms with Gasteiger partial charge in [-0.15, -0.1) is 0 Å². The predicted molar refractivity (Wildman–Crippen MR) is 69.4 cm³/mol. The van der Waals surface area contributed by atoms with Crippen molar-refractivity contribution in [2.75, 3.05) is 6.61 Å². The second-order valence-electron chi connectivity index (χ2n) is 4.93. The highest BCUT2D eigenvalue weighted by molar-refractivity contribution is 5.98. The molecule has 0 radical (unpaired) electrons. The lowest BCUT2D eigenvalue weighted by Crippen LogP contribution is -2.53. The first kappa shape index (κ1) is 13.8. The number of benzene rings is 1. The quantitative estimate of drug-likeness (QED) is 0.276. The Kier molecular flexibility index (Phi) is 4.01. The normalized spacial score (nSPS) is 18.1. The number of oxime groups is 1. The SMILES string of the molecule is N/C(=N/O)c1cc(F)ccc1CNC1(CO)CCC1. The smallest absolute Gasteiger partial charge is 0.170 e. The topological polar surface area (TPSA) is 90.9 Å². The predicted octanol–water partition coefficient (Wildman–Crippen LogP) is 0.925. The van der Waals surface area contributed by atoms with E-state index in [1.165, 1.54) is 12.1 Å². The van der Waals surface area contributed by atoms with E-state index < -0.39 is 5.82 Å². The number of rotatable bonds is 5. The van der Waals surface area contributed by atoms with Crippen LogP contribution in [0.3, 0.4) is 0 Å². The van der Waals surface area contributed by atoms with Gasteiger partial charge in [-0.1, -0.05) is 11.2 Å². The molecule has 6 heteroatoms. The van der Waals surface area contributed by atoms with Gasteiger partial charge in [0.1, 0.15) is 5.82 Å². The van der Waals surface area contributed by atoms with Crippen molar-refractivity contribution >= 4 is 5.84 Å². The Balaban J connectivity index is 2.15. The number of aliphatic hydroxyl groups excluding tert-OH is 1. The van der Waals surface area contributed by atoms with Crippen molar-refractivity contribution in [3.8, 4) is 0 Å². The molecule has 1 aliphatic carbocycles. The van der Waals surface area contributed by atoms with Crippen LogP contribution in [0, 0.1) is 5.82 Å². The summed E-state index contributed by atoms with van der Waals surface area (Å²) in [5, 5.41) is 24.3. The van der Waals surface area contributed by atoms with Crippen molar-refractivity contribution in [2.24, 2.45) is 10.9 Å². The van der Waals surface area contributed by atoms with Crippen LogP contribution in [0.1, 0.15) is 30.4 Å². The Bertz CT molecular complexity index is 481. The molecule has 1 aromatic carbocycles. The Morgan fingerprint density at radius 3 is 2.74 bits per heavy atom. The number of hydrogen-bond donors (Lipinski definition) is 4. The lowest BCUT2D eigenvalue weighted by Gasteiger charge is -2.41. The number of hydrogen-bond acceptors (Lipinski definition) is 4. The molecule has 0 heterocycles. The number of aliphatic hydroxyl groups is 1. The van der Waals surface area contributed by atoms with Crippen LogP contribution in [-0.2, 0) is 6.54 Å². The Hall–Kier alpha value is -1.66. The van der Waals surface area contributed by atoms with E-state index in [-0.39, 0.29) is 18.0 Å². The summed E-state index contributed by atoms with van der Waals surface area (Å²) in [7, 11) is 0. The fourth-order valence-corrected chi connectivity index (χ4v) is 2.27. The summed E-state index contributed by atoms with van der Waals surface area (Å²) in [6.07, 6.45) is 2.93. The standard InChI is InChI=1S/C13H18FN3O2/c14-10-3-2-9(11(6-10)12(15)17-19)7-16-13(8-18)4-1-5-13/h2-3,6,16,18-19H,1,4-5,7-8H2,(H2,15,17). The van der Waals surface area contributed by atoms with Crippen molar-refractivity contribution in [1.82, 2.24) is 5.32 Å². The summed E-state index contributed by atoms with van der Waals surface area (Å²) in [4.78, 5) is 0. The van der Waals surface area contributed by atoms with Gasteiger partial charge in [0, 0.05) is 17.6 Å². The Labute approximate surface area is 110 Å². The zero-order valence-corrected chi connectivity index (χ0v) is 10.6. The summed E-state index contributed by atoms with van der Waals surface area (Å²) in [6.45, 7) is 0.513. The Morgan fingerprint density at radius 2 is 2.21 bits per heavy atom. The molecule has 1 saturated carbocycles. The van der Waals surface area contributed by atoms with Gasteiger partial charge in [0.05, 0.1) is 6.61 Å². The number of nitrogens with two attached hydrogens (primary N) is 1. The van der Waals surface area contributed by atoms with Crippen molar-refractivity contribution in [3.63, 3.8) is 0 Å². The van der Waals surface area contributed by atoms with Gasteiger partial charge in [-0.3, -0.25) is 0 Å². The molecule has 0 atom stereocenters. The third-order valence-electron chi connectivity index (χ3n) is 3.72. The highest BCUT2D eigenvalue weighted by atomic mass is 19.1. The molecular formula is C13H18FN3O2. The molecule has 5 N–H and O–H groups in total. The first-order chi connectivity index (χ1) is 9.10. The monoisotopic (exact) mass is 267 g/mol. The van der Waals surface area contributed by atoms with Gasteiger partial charge in [-0.05, 0) is 37.0 Å². The molecule has 0 unspecified atom stereocenters. The molecule has 2 rings (SSSR count). The second kappa shape index (κ2) is 5.54. The van der Waals surface area contributed by atoms with Gasteiger partial charge in [0.15, 0.2) is 5.84 Å². The maximum absolute atomic E-state index is 13.2. The van der Waals surface area contributed by atoms with Crippen molar-refractivity contribution in [1.29, 1.82) is 0 Å². The first-order valence-corrected chi connectivity index (χ1v) is 6.22. The third-order valence-corrected chi connectivity index (χ3v) is 3.72. The number of nitrogens with one attached hydrogen (secondary N) is 1. The summed E-state index contributed by atoms with van der Waals surface area (Å²) in [6, 6.07) is 4.16. The molecule has 0 bridgehead atoms. The van der Waals surface area contributed by atoms with E-state index in [0.717, 1.165) is 24.8 Å². The highest BCUT2D eigenvalue weighted by Crippen LogP contribution is 2.31. The van der Waals surface area contributed by atoms with E-state index in [1.807, 2.05) is 0 Å². The van der Waals surface area contributed by atoms with Gasteiger partial charge in [0.2, 0.25) is 0 Å². The summed E-state index contributed by atoms with van der Waals surface area (Å²) in [5.74, 6) is -0.561. The van der Waals surface area contributed by atoms with Gasteiger partial charge in [-0.25, -0.2) is 4.39 Å². The van der Waals surface area contributed by atoms with Crippen LogP contribution >= 0.6 is 0 Å². The molecule has 1 fully saturated rings. The molecule has 1 aliphatic rings. The van der Waals surface area contributed by atoms with E-state index in [4.69, 9.17) is 10.9 Å². The van der Waals surface area contributed by atoms with E-state index in [1.54, 1.807) is 6.07 Å². The van der Waals surface area contributed by atoms with Crippen LogP contribution in [-0.4, -0.2) is 28.3 Å². The molecular weight excluding hydrogens is 249 g/mol. The van der Waals surface area contributed by atoms with Crippen molar-refractivity contribution in [3.05, 3.63) is 35.1 Å². The van der Waals surface area contributed by atoms with Crippen LogP contribution in [0.15, 0.2) is 23.4 Å². The van der Waals surface area contributed by atoms with Crippen LogP contribution in [0.25, 0.3) is 0 Å². The second-order valence-corrected chi connectivity index (χ2v) is 4.93. The summed E-state index contributed by atoms with van der Waals surface area (Å²) < 4.78 is 13.2. The van der Waals surface area contributed by atoms with E-state index in [9.17, 15) is 9.50 Å². The van der Waals surface area contributed by atoms with Gasteiger partial charge < -0.3 is 21.4 Å². The van der Waals surface area contributed by atoms with E-state index >= 15 is 0 Å². The maximum Gasteiger partial charge on any atom is 0.170 e. The van der Waals surface area contributed by atoms with Crippen molar-refractivity contribution in [2.45, 2.75) is 31.3 Å². The fourth-order valence-electron chi connectivity index (χ4n) is 2.27. The maximum atomic E-state index is 13.2. The largest absolute Gasteiger partial charge is 0.409 e. The molecule has 0 saturated heterocycles. The zero-order valence-electron chi connectivity index (χ0n) is 10.6.